The first-order chi connectivity index (χ1) is 3.00. The van der Waals surface area contributed by atoms with E-state index in [4.69, 9.17) is 0 Å². The Balaban J connectivity index is 0. The zero-order valence-electron chi connectivity index (χ0n) is 4.88. The molecule has 8 heavy (non-hydrogen) atoms. The third-order valence-electron chi connectivity index (χ3n) is 0.667. The van der Waals surface area contributed by atoms with Crippen LogP contribution in [-0.4, -0.2) is 0 Å². The number of rotatable bonds is 0. The van der Waals surface area contributed by atoms with E-state index in [1.165, 1.54) is 0 Å². The van der Waals surface area contributed by atoms with Crippen LogP contribution in [0, 0.1) is 0 Å². The third-order valence-corrected chi connectivity index (χ3v) is 0.667. The van der Waals surface area contributed by atoms with Gasteiger partial charge in [0.1, 0.15) is 0 Å². The van der Waals surface area contributed by atoms with Gasteiger partial charge in [0, 0.05) is 0 Å². The number of hydrogen-bond acceptors (Lipinski definition) is 1. The monoisotopic (exact) mass is 129 g/mol. The van der Waals surface area contributed by atoms with Gasteiger partial charge in [0.2, 0.25) is 0 Å². The molecule has 1 aromatic carbocycles. The van der Waals surface area contributed by atoms with Gasteiger partial charge in [0.25, 0.3) is 0 Å². The molecule has 1 unspecified atom stereocenters. The topological polar surface area (TPSA) is 35.0 Å². The summed E-state index contributed by atoms with van der Waals surface area (Å²) < 4.78 is 0. The normalized spacial score (nSPS) is 6.00. The lowest BCUT2D eigenvalue weighted by atomic mass is 10.4. The van der Waals surface area contributed by atoms with Crippen molar-refractivity contribution in [2.45, 2.75) is 0 Å². The van der Waals surface area contributed by atoms with E-state index in [-0.39, 0.29) is 16.0 Å². The molecule has 1 rings (SSSR count). The van der Waals surface area contributed by atoms with Crippen molar-refractivity contribution in [3.8, 4) is 0 Å². The van der Waals surface area contributed by atoms with E-state index in [0.29, 0.717) is 0 Å². The summed E-state index contributed by atoms with van der Waals surface area (Å²) in [5, 5.41) is 0. The Kier molecular flexibility index (Phi) is 8.73. The second-order valence-corrected chi connectivity index (χ2v) is 1.15. The lowest BCUT2D eigenvalue weighted by molar-refractivity contribution is 1.72. The fraction of sp³-hybridized carbons (Fsp3) is 0. The SMILES string of the molecule is N.P.c1ccccc1. The fourth-order valence-electron chi connectivity index (χ4n) is 0.385. The molecule has 0 fully saturated rings. The minimum absolute atomic E-state index is 0. The average molecular weight is 129 g/mol. The van der Waals surface area contributed by atoms with E-state index in [0.717, 1.165) is 0 Å². The Bertz CT molecular complexity index is 80.5. The van der Waals surface area contributed by atoms with Crippen molar-refractivity contribution in [2.75, 3.05) is 0 Å². The molecule has 0 spiro atoms. The van der Waals surface area contributed by atoms with Crippen LogP contribution in [0.25, 0.3) is 0 Å². The molecule has 0 amide bonds. The second kappa shape index (κ2) is 6.61. The standard InChI is InChI=1S/C6H6.H3N.H3P/c1-2-4-6-5-3-1;;/h1-6H;2*1H3. The van der Waals surface area contributed by atoms with Crippen molar-refractivity contribution in [1.82, 2.24) is 6.15 Å². The summed E-state index contributed by atoms with van der Waals surface area (Å²) >= 11 is 0. The molecule has 0 aliphatic heterocycles. The largest absolute Gasteiger partial charge is 0.344 e. The molecule has 0 saturated heterocycles. The van der Waals surface area contributed by atoms with Crippen molar-refractivity contribution >= 4 is 9.90 Å². The second-order valence-electron chi connectivity index (χ2n) is 1.15. The highest BCUT2D eigenvalue weighted by Gasteiger charge is 1.57. The summed E-state index contributed by atoms with van der Waals surface area (Å²) in [4.78, 5) is 0. The van der Waals surface area contributed by atoms with E-state index < -0.39 is 0 Å². The Morgan fingerprint density at radius 3 is 0.750 bits per heavy atom. The summed E-state index contributed by atoms with van der Waals surface area (Å²) in [6, 6.07) is 12.0. The van der Waals surface area contributed by atoms with Crippen molar-refractivity contribution in [2.24, 2.45) is 0 Å². The lowest BCUT2D eigenvalue weighted by Crippen LogP contribution is -1.47. The molecule has 0 aromatic heterocycles. The molecule has 3 N–H and O–H groups in total. The van der Waals surface area contributed by atoms with Crippen molar-refractivity contribution in [1.29, 1.82) is 0 Å². The minimum atomic E-state index is 0. The highest BCUT2D eigenvalue weighted by molar-refractivity contribution is 6.92. The van der Waals surface area contributed by atoms with Crippen LogP contribution in [0.2, 0.25) is 0 Å². The molecule has 0 heterocycles. The van der Waals surface area contributed by atoms with Crippen molar-refractivity contribution < 1.29 is 0 Å². The highest BCUT2D eigenvalue weighted by Crippen LogP contribution is 1.79. The predicted molar refractivity (Wildman–Crippen MR) is 42.6 cm³/mol. The smallest absolute Gasteiger partial charge is 0.0623 e. The van der Waals surface area contributed by atoms with Crippen LogP contribution < -0.4 is 6.15 Å². The maximum Gasteiger partial charge on any atom is -0.0623 e. The minimum Gasteiger partial charge on any atom is -0.344 e. The van der Waals surface area contributed by atoms with E-state index in [2.05, 4.69) is 0 Å². The summed E-state index contributed by atoms with van der Waals surface area (Å²) in [6.45, 7) is 0. The van der Waals surface area contributed by atoms with Crippen LogP contribution in [0.4, 0.5) is 0 Å². The molecule has 1 atom stereocenters. The number of benzene rings is 1. The predicted octanol–water partition coefficient (Wildman–Crippen LogP) is 1.91. The maximum atomic E-state index is 2.00. The summed E-state index contributed by atoms with van der Waals surface area (Å²) in [6.07, 6.45) is 0. The summed E-state index contributed by atoms with van der Waals surface area (Å²) in [5.41, 5.74) is 0. The van der Waals surface area contributed by atoms with Gasteiger partial charge in [-0.2, -0.15) is 9.90 Å². The van der Waals surface area contributed by atoms with E-state index in [1.807, 2.05) is 36.4 Å². The Morgan fingerprint density at radius 1 is 0.500 bits per heavy atom. The summed E-state index contributed by atoms with van der Waals surface area (Å²) in [7, 11) is 0. The van der Waals surface area contributed by atoms with Gasteiger partial charge in [0.05, 0.1) is 0 Å². The van der Waals surface area contributed by atoms with Gasteiger partial charge in [-0.15, -0.1) is 0 Å². The van der Waals surface area contributed by atoms with Gasteiger partial charge >= 0.3 is 0 Å². The van der Waals surface area contributed by atoms with Crippen LogP contribution in [0.1, 0.15) is 0 Å². The first-order valence-electron chi connectivity index (χ1n) is 2.00. The molecule has 0 aliphatic rings. The van der Waals surface area contributed by atoms with E-state index in [9.17, 15) is 0 Å². The highest BCUT2D eigenvalue weighted by atomic mass is 31.0. The molecule has 0 bridgehead atoms. The van der Waals surface area contributed by atoms with Crippen molar-refractivity contribution in [3.05, 3.63) is 36.4 Å². The average Bonchev–Trinajstić information content (AvgIpc) is 1.72. The van der Waals surface area contributed by atoms with Crippen LogP contribution in [0.5, 0.6) is 0 Å². The molecule has 46 valence electrons. The molecule has 2 heteroatoms. The molecule has 0 aliphatic carbocycles. The first kappa shape index (κ1) is 10.6. The zero-order valence-corrected chi connectivity index (χ0v) is 6.29. The van der Waals surface area contributed by atoms with Crippen molar-refractivity contribution in [3.63, 3.8) is 0 Å². The zero-order chi connectivity index (χ0) is 4.24. The van der Waals surface area contributed by atoms with Gasteiger partial charge in [-0.05, 0) is 0 Å². The third kappa shape index (κ3) is 3.79. The van der Waals surface area contributed by atoms with Gasteiger partial charge < -0.3 is 6.15 Å². The number of hydrogen-bond donors (Lipinski definition) is 1. The van der Waals surface area contributed by atoms with Crippen LogP contribution in [0.3, 0.4) is 0 Å². The van der Waals surface area contributed by atoms with E-state index in [1.54, 1.807) is 0 Å². The molecular formula is C6H12NP. The van der Waals surface area contributed by atoms with E-state index >= 15 is 0 Å². The Labute approximate surface area is 53.3 Å². The molecule has 0 radical (unpaired) electrons. The molecule has 1 nitrogen and oxygen atoms in total. The first-order valence-corrected chi connectivity index (χ1v) is 2.00. The van der Waals surface area contributed by atoms with Crippen LogP contribution >= 0.6 is 9.90 Å². The molecular weight excluding hydrogens is 117 g/mol. The van der Waals surface area contributed by atoms with Gasteiger partial charge in [-0.1, -0.05) is 36.4 Å². The fourth-order valence-corrected chi connectivity index (χ4v) is 0.385. The van der Waals surface area contributed by atoms with Gasteiger partial charge in [-0.3, -0.25) is 0 Å². The van der Waals surface area contributed by atoms with Gasteiger partial charge in [0.15, 0.2) is 0 Å². The molecule has 1 aromatic rings. The van der Waals surface area contributed by atoms with Gasteiger partial charge in [-0.25, -0.2) is 0 Å². The summed E-state index contributed by atoms with van der Waals surface area (Å²) in [5.74, 6) is 0. The maximum absolute atomic E-state index is 2.00. The quantitative estimate of drug-likeness (QED) is 0.533. The molecule has 0 saturated carbocycles. The Morgan fingerprint density at radius 2 is 0.625 bits per heavy atom. The van der Waals surface area contributed by atoms with Crippen LogP contribution in [0.15, 0.2) is 36.4 Å². The lowest BCUT2D eigenvalue weighted by Gasteiger charge is -1.69. The Hall–Kier alpha value is -0.390. The van der Waals surface area contributed by atoms with Crippen LogP contribution in [-0.2, 0) is 0 Å².